The van der Waals surface area contributed by atoms with Gasteiger partial charge in [-0.1, -0.05) is 32.6 Å². The van der Waals surface area contributed by atoms with Gasteiger partial charge in [0.2, 0.25) is 0 Å². The van der Waals surface area contributed by atoms with Gasteiger partial charge in [-0.25, -0.2) is 0 Å². The Bertz CT molecular complexity index is 84.9. The summed E-state index contributed by atoms with van der Waals surface area (Å²) in [5.74, 6) is 0. The first kappa shape index (κ1) is 9.05. The van der Waals surface area contributed by atoms with Crippen LogP contribution in [0.4, 0.5) is 0 Å². The lowest BCUT2D eigenvalue weighted by molar-refractivity contribution is 0.515. The van der Waals surface area contributed by atoms with Crippen molar-refractivity contribution in [1.82, 2.24) is 5.32 Å². The average Bonchev–Trinajstić information content (AvgIpc) is 2.50. The first-order valence-corrected chi connectivity index (χ1v) is 4.96. The minimum absolute atomic E-state index is 0.847. The first-order chi connectivity index (χ1) is 5.43. The summed E-state index contributed by atoms with van der Waals surface area (Å²) < 4.78 is 0. The summed E-state index contributed by atoms with van der Waals surface area (Å²) in [6.07, 6.45) is 9.38. The molecule has 0 aromatic carbocycles. The molecule has 1 heteroatoms. The van der Waals surface area contributed by atoms with E-state index in [1.54, 1.807) is 0 Å². The van der Waals surface area contributed by atoms with Crippen LogP contribution < -0.4 is 5.32 Å². The highest BCUT2D eigenvalue weighted by Gasteiger charge is 2.12. The summed E-state index contributed by atoms with van der Waals surface area (Å²) in [6, 6.07) is 0.847. The predicted octanol–water partition coefficient (Wildman–Crippen LogP) is 2.52. The van der Waals surface area contributed by atoms with E-state index in [-0.39, 0.29) is 0 Å². The molecule has 1 heterocycles. The van der Waals surface area contributed by atoms with Crippen LogP contribution in [0.15, 0.2) is 0 Å². The number of rotatable bonds is 5. The van der Waals surface area contributed by atoms with E-state index in [4.69, 9.17) is 0 Å². The summed E-state index contributed by atoms with van der Waals surface area (Å²) >= 11 is 0. The number of hydrogen-bond acceptors (Lipinski definition) is 1. The molecule has 1 fully saturated rings. The van der Waals surface area contributed by atoms with Gasteiger partial charge in [-0.15, -0.1) is 0 Å². The average molecular weight is 154 g/mol. The molecule has 0 aliphatic carbocycles. The lowest BCUT2D eigenvalue weighted by atomic mass is 10.1. The van der Waals surface area contributed by atoms with Gasteiger partial charge in [0, 0.05) is 6.04 Å². The fourth-order valence-electron chi connectivity index (χ4n) is 1.75. The van der Waals surface area contributed by atoms with Gasteiger partial charge in [-0.2, -0.15) is 0 Å². The third-order valence-corrected chi connectivity index (χ3v) is 2.46. The van der Waals surface area contributed by atoms with Crippen LogP contribution in [0.3, 0.4) is 0 Å². The van der Waals surface area contributed by atoms with Crippen LogP contribution in [0.1, 0.15) is 44.9 Å². The molecule has 1 saturated heterocycles. The normalized spacial score (nSPS) is 24.3. The third kappa shape index (κ3) is 3.76. The van der Waals surface area contributed by atoms with Gasteiger partial charge in [0.1, 0.15) is 0 Å². The molecule has 0 spiro atoms. The molecule has 0 aromatic heterocycles. The Hall–Kier alpha value is -0.0400. The third-order valence-electron chi connectivity index (χ3n) is 2.46. The predicted molar refractivity (Wildman–Crippen MR) is 49.5 cm³/mol. The highest BCUT2D eigenvalue weighted by atomic mass is 14.9. The van der Waals surface area contributed by atoms with Crippen LogP contribution >= 0.6 is 0 Å². The molecule has 1 aliphatic heterocycles. The van der Waals surface area contributed by atoms with Crippen molar-refractivity contribution in [2.24, 2.45) is 0 Å². The molecule has 0 amide bonds. The summed E-state index contributed by atoms with van der Waals surface area (Å²) in [6.45, 7) is 5.09. The van der Waals surface area contributed by atoms with Gasteiger partial charge >= 0.3 is 0 Å². The van der Waals surface area contributed by atoms with E-state index in [2.05, 4.69) is 12.2 Å². The minimum Gasteiger partial charge on any atom is -0.314 e. The van der Waals surface area contributed by atoms with Gasteiger partial charge in [0.05, 0.1) is 0 Å². The van der Waals surface area contributed by atoms with E-state index < -0.39 is 0 Å². The van der Waals surface area contributed by atoms with Crippen molar-refractivity contribution in [1.29, 1.82) is 0 Å². The Balaban J connectivity index is 1.86. The lowest BCUT2D eigenvalue weighted by Crippen LogP contribution is -2.20. The highest BCUT2D eigenvalue weighted by molar-refractivity contribution is 4.73. The molecule has 0 aromatic rings. The summed E-state index contributed by atoms with van der Waals surface area (Å²) in [7, 11) is 0. The van der Waals surface area contributed by atoms with E-state index in [0.717, 1.165) is 12.5 Å². The number of hydrogen-bond donors (Lipinski definition) is 1. The van der Waals surface area contributed by atoms with Crippen LogP contribution in [0.5, 0.6) is 0 Å². The maximum Gasteiger partial charge on any atom is 0.00675 e. The van der Waals surface area contributed by atoms with Crippen molar-refractivity contribution in [2.45, 2.75) is 51.0 Å². The van der Waals surface area contributed by atoms with Crippen molar-refractivity contribution in [3.63, 3.8) is 0 Å². The van der Waals surface area contributed by atoms with Crippen LogP contribution in [0, 0.1) is 6.92 Å². The Morgan fingerprint density at radius 2 is 2.18 bits per heavy atom. The van der Waals surface area contributed by atoms with Gasteiger partial charge in [-0.3, -0.25) is 0 Å². The molecule has 1 rings (SSSR count). The summed E-state index contributed by atoms with van der Waals surface area (Å²) in [4.78, 5) is 0. The van der Waals surface area contributed by atoms with Crippen LogP contribution in [-0.4, -0.2) is 12.6 Å². The van der Waals surface area contributed by atoms with Crippen molar-refractivity contribution < 1.29 is 0 Å². The molecule has 1 unspecified atom stereocenters. The lowest BCUT2D eigenvalue weighted by Gasteiger charge is -2.08. The molecule has 0 bridgehead atoms. The summed E-state index contributed by atoms with van der Waals surface area (Å²) in [5.41, 5.74) is 0. The molecule has 1 N–H and O–H groups in total. The van der Waals surface area contributed by atoms with Crippen molar-refractivity contribution >= 4 is 0 Å². The van der Waals surface area contributed by atoms with Gasteiger partial charge in [0.15, 0.2) is 0 Å². The zero-order valence-electron chi connectivity index (χ0n) is 7.44. The van der Waals surface area contributed by atoms with Crippen molar-refractivity contribution in [3.05, 3.63) is 6.92 Å². The fraction of sp³-hybridized carbons (Fsp3) is 0.900. The molecule has 1 nitrogen and oxygen atoms in total. The van der Waals surface area contributed by atoms with Gasteiger partial charge in [0.25, 0.3) is 0 Å². The minimum atomic E-state index is 0.847. The molecular formula is C10H20N. The van der Waals surface area contributed by atoms with Gasteiger partial charge in [-0.05, 0) is 25.8 Å². The number of nitrogens with one attached hydrogen (secondary N) is 1. The van der Waals surface area contributed by atoms with E-state index in [1.165, 1.54) is 45.1 Å². The number of unbranched alkanes of at least 4 members (excludes halogenated alkanes) is 3. The molecule has 11 heavy (non-hydrogen) atoms. The Kier molecular flexibility index (Phi) is 4.60. The standard InChI is InChI=1S/C10H20N/c1-2-3-4-5-7-10-8-6-9-11-10/h10-11H,1-9H2. The smallest absolute Gasteiger partial charge is 0.00675 e. The van der Waals surface area contributed by atoms with Crippen LogP contribution in [0.25, 0.3) is 0 Å². The maximum atomic E-state index is 3.84. The Morgan fingerprint density at radius 3 is 2.82 bits per heavy atom. The van der Waals surface area contributed by atoms with E-state index in [0.29, 0.717) is 0 Å². The SMILES string of the molecule is [CH2]CCCCCC1CCCN1. The van der Waals surface area contributed by atoms with E-state index in [1.807, 2.05) is 0 Å². The zero-order chi connectivity index (χ0) is 7.94. The molecule has 0 saturated carbocycles. The quantitative estimate of drug-likeness (QED) is 0.600. The van der Waals surface area contributed by atoms with Crippen LogP contribution in [-0.2, 0) is 0 Å². The molecule has 1 radical (unpaired) electrons. The van der Waals surface area contributed by atoms with Crippen molar-refractivity contribution in [3.8, 4) is 0 Å². The van der Waals surface area contributed by atoms with E-state index in [9.17, 15) is 0 Å². The molecule has 1 atom stereocenters. The Morgan fingerprint density at radius 1 is 1.27 bits per heavy atom. The Labute approximate surface area is 70.6 Å². The zero-order valence-corrected chi connectivity index (χ0v) is 7.44. The molecular weight excluding hydrogens is 134 g/mol. The largest absolute Gasteiger partial charge is 0.314 e. The molecule has 65 valence electrons. The van der Waals surface area contributed by atoms with Crippen LogP contribution in [0.2, 0.25) is 0 Å². The van der Waals surface area contributed by atoms with Crippen molar-refractivity contribution in [2.75, 3.05) is 6.54 Å². The second-order valence-electron chi connectivity index (χ2n) is 3.50. The fourth-order valence-corrected chi connectivity index (χ4v) is 1.75. The second-order valence-corrected chi connectivity index (χ2v) is 3.50. The van der Waals surface area contributed by atoms with Gasteiger partial charge < -0.3 is 5.32 Å². The topological polar surface area (TPSA) is 12.0 Å². The highest BCUT2D eigenvalue weighted by Crippen LogP contribution is 2.12. The second kappa shape index (κ2) is 5.59. The first-order valence-electron chi connectivity index (χ1n) is 4.96. The van der Waals surface area contributed by atoms with E-state index >= 15 is 0 Å². The molecule has 1 aliphatic rings. The summed E-state index contributed by atoms with van der Waals surface area (Å²) in [5, 5.41) is 3.52. The monoisotopic (exact) mass is 154 g/mol. The maximum absolute atomic E-state index is 3.84.